The molecule has 0 radical (unpaired) electrons. The Labute approximate surface area is 79.1 Å². The molecule has 12 heavy (non-hydrogen) atoms. The van der Waals surface area contributed by atoms with Gasteiger partial charge in [-0.05, 0) is 25.1 Å². The number of hydroxylamine groups is 1. The quantitative estimate of drug-likeness (QED) is 0.685. The Balaban J connectivity index is 3.04. The van der Waals surface area contributed by atoms with Crippen molar-refractivity contribution in [2.45, 2.75) is 13.0 Å². The molecular formula is C8H10BrNO2. The van der Waals surface area contributed by atoms with Crippen LogP contribution < -0.4 is 5.48 Å². The van der Waals surface area contributed by atoms with Crippen molar-refractivity contribution < 1.29 is 10.3 Å². The third-order valence-electron chi connectivity index (χ3n) is 1.65. The number of halogens is 1. The zero-order valence-corrected chi connectivity index (χ0v) is 8.17. The van der Waals surface area contributed by atoms with Crippen molar-refractivity contribution in [3.63, 3.8) is 0 Å². The first kappa shape index (κ1) is 9.51. The second-order valence-electron chi connectivity index (χ2n) is 2.55. The third-order valence-corrected chi connectivity index (χ3v) is 2.14. The van der Waals surface area contributed by atoms with E-state index in [1.165, 1.54) is 0 Å². The highest BCUT2D eigenvalue weighted by atomic mass is 79.9. The molecule has 3 nitrogen and oxygen atoms in total. The molecular weight excluding hydrogens is 222 g/mol. The molecule has 0 aliphatic heterocycles. The van der Waals surface area contributed by atoms with Crippen molar-refractivity contribution in [3.05, 3.63) is 28.2 Å². The monoisotopic (exact) mass is 231 g/mol. The number of phenols is 1. The van der Waals surface area contributed by atoms with Gasteiger partial charge in [0.05, 0.1) is 6.04 Å². The molecule has 0 amide bonds. The summed E-state index contributed by atoms with van der Waals surface area (Å²) in [5, 5.41) is 18.0. The first-order valence-electron chi connectivity index (χ1n) is 3.53. The molecule has 0 bridgehead atoms. The fourth-order valence-electron chi connectivity index (χ4n) is 0.942. The first-order chi connectivity index (χ1) is 5.65. The van der Waals surface area contributed by atoms with E-state index in [2.05, 4.69) is 21.4 Å². The highest BCUT2D eigenvalue weighted by Gasteiger charge is 2.08. The number of aromatic hydroxyl groups is 1. The van der Waals surface area contributed by atoms with Crippen molar-refractivity contribution in [3.8, 4) is 5.75 Å². The molecule has 4 heteroatoms. The van der Waals surface area contributed by atoms with E-state index in [1.807, 2.05) is 0 Å². The van der Waals surface area contributed by atoms with Crippen LogP contribution in [0.15, 0.2) is 22.7 Å². The molecule has 0 fully saturated rings. The Morgan fingerprint density at radius 2 is 2.17 bits per heavy atom. The summed E-state index contributed by atoms with van der Waals surface area (Å²) in [4.78, 5) is 0. The molecule has 66 valence electrons. The second kappa shape index (κ2) is 3.89. The van der Waals surface area contributed by atoms with Gasteiger partial charge in [0.2, 0.25) is 0 Å². The number of nitrogens with one attached hydrogen (secondary N) is 1. The number of benzene rings is 1. The van der Waals surface area contributed by atoms with Crippen LogP contribution in [0.3, 0.4) is 0 Å². The lowest BCUT2D eigenvalue weighted by Crippen LogP contribution is -2.13. The summed E-state index contributed by atoms with van der Waals surface area (Å²) >= 11 is 3.27. The zero-order valence-electron chi connectivity index (χ0n) is 6.58. The molecule has 0 spiro atoms. The van der Waals surface area contributed by atoms with Gasteiger partial charge in [0.1, 0.15) is 5.75 Å². The molecule has 0 aliphatic carbocycles. The minimum Gasteiger partial charge on any atom is -0.508 e. The summed E-state index contributed by atoms with van der Waals surface area (Å²) in [6.07, 6.45) is 0. The molecule has 1 unspecified atom stereocenters. The van der Waals surface area contributed by atoms with Crippen LogP contribution in [0.5, 0.6) is 5.75 Å². The van der Waals surface area contributed by atoms with Gasteiger partial charge in [-0.25, -0.2) is 0 Å². The van der Waals surface area contributed by atoms with Crippen LogP contribution in [0.25, 0.3) is 0 Å². The summed E-state index contributed by atoms with van der Waals surface area (Å²) in [6, 6.07) is 4.79. The molecule has 0 aromatic heterocycles. The van der Waals surface area contributed by atoms with E-state index in [-0.39, 0.29) is 11.8 Å². The summed E-state index contributed by atoms with van der Waals surface area (Å²) in [5.41, 5.74) is 2.73. The Morgan fingerprint density at radius 1 is 1.50 bits per heavy atom. The zero-order chi connectivity index (χ0) is 9.14. The lowest BCUT2D eigenvalue weighted by Gasteiger charge is -2.11. The first-order valence-corrected chi connectivity index (χ1v) is 4.32. The van der Waals surface area contributed by atoms with Crippen LogP contribution >= 0.6 is 15.9 Å². The topological polar surface area (TPSA) is 52.5 Å². The van der Waals surface area contributed by atoms with Crippen molar-refractivity contribution in [2.24, 2.45) is 0 Å². The molecule has 1 aromatic carbocycles. The van der Waals surface area contributed by atoms with Gasteiger partial charge < -0.3 is 10.3 Å². The average Bonchev–Trinajstić information content (AvgIpc) is 2.08. The molecule has 3 N–H and O–H groups in total. The van der Waals surface area contributed by atoms with Crippen LogP contribution in [0.4, 0.5) is 0 Å². The molecule has 0 aliphatic rings. The smallest absolute Gasteiger partial charge is 0.120 e. The number of phenolic OH excluding ortho intramolecular Hbond substituents is 1. The van der Waals surface area contributed by atoms with Crippen molar-refractivity contribution >= 4 is 15.9 Å². The van der Waals surface area contributed by atoms with Crippen LogP contribution in [0, 0.1) is 0 Å². The Hall–Kier alpha value is -0.580. The third kappa shape index (κ3) is 1.97. The van der Waals surface area contributed by atoms with Gasteiger partial charge in [-0.3, -0.25) is 0 Å². The van der Waals surface area contributed by atoms with E-state index in [0.717, 1.165) is 4.47 Å². The Kier molecular flexibility index (Phi) is 3.08. The molecule has 0 heterocycles. The van der Waals surface area contributed by atoms with E-state index >= 15 is 0 Å². The maximum absolute atomic E-state index is 9.36. The van der Waals surface area contributed by atoms with Crippen LogP contribution in [0.1, 0.15) is 18.5 Å². The van der Waals surface area contributed by atoms with Crippen molar-refractivity contribution in [2.75, 3.05) is 0 Å². The van der Waals surface area contributed by atoms with Gasteiger partial charge >= 0.3 is 0 Å². The van der Waals surface area contributed by atoms with Crippen molar-refractivity contribution in [1.82, 2.24) is 5.48 Å². The van der Waals surface area contributed by atoms with Gasteiger partial charge in [-0.2, -0.15) is 5.48 Å². The van der Waals surface area contributed by atoms with Crippen LogP contribution in [-0.2, 0) is 0 Å². The molecule has 1 atom stereocenters. The molecule has 1 aromatic rings. The predicted molar refractivity (Wildman–Crippen MR) is 49.1 cm³/mol. The summed E-state index contributed by atoms with van der Waals surface area (Å²) in [5.74, 6) is 0.173. The van der Waals surface area contributed by atoms with Crippen molar-refractivity contribution in [1.29, 1.82) is 0 Å². The van der Waals surface area contributed by atoms with E-state index in [9.17, 15) is 5.11 Å². The second-order valence-corrected chi connectivity index (χ2v) is 3.47. The van der Waals surface area contributed by atoms with Gasteiger partial charge in [0.15, 0.2) is 0 Å². The predicted octanol–water partition coefficient (Wildman–Crippen LogP) is 2.19. The maximum atomic E-state index is 9.36. The van der Waals surface area contributed by atoms with Gasteiger partial charge in [-0.1, -0.05) is 15.9 Å². The maximum Gasteiger partial charge on any atom is 0.120 e. The average molecular weight is 232 g/mol. The van der Waals surface area contributed by atoms with Gasteiger partial charge in [0.25, 0.3) is 0 Å². The molecule has 1 rings (SSSR count). The molecule has 0 saturated carbocycles. The highest BCUT2D eigenvalue weighted by Crippen LogP contribution is 2.26. The summed E-state index contributed by atoms with van der Waals surface area (Å²) in [7, 11) is 0. The lowest BCUT2D eigenvalue weighted by molar-refractivity contribution is 0.132. The standard InChI is InChI=1S/C8H10BrNO2/c1-5(10-12)7-4-6(9)2-3-8(7)11/h2-5,10-12H,1H3. The number of hydrogen-bond acceptors (Lipinski definition) is 3. The largest absolute Gasteiger partial charge is 0.508 e. The van der Waals surface area contributed by atoms with E-state index in [4.69, 9.17) is 5.21 Å². The normalized spacial score (nSPS) is 12.9. The lowest BCUT2D eigenvalue weighted by atomic mass is 10.1. The van der Waals surface area contributed by atoms with Gasteiger partial charge in [-0.15, -0.1) is 0 Å². The van der Waals surface area contributed by atoms with E-state index < -0.39 is 0 Å². The van der Waals surface area contributed by atoms with E-state index in [0.29, 0.717) is 5.56 Å². The SMILES string of the molecule is CC(NO)c1cc(Br)ccc1O. The highest BCUT2D eigenvalue weighted by molar-refractivity contribution is 9.10. The fourth-order valence-corrected chi connectivity index (χ4v) is 1.32. The Morgan fingerprint density at radius 3 is 2.75 bits per heavy atom. The summed E-state index contributed by atoms with van der Waals surface area (Å²) in [6.45, 7) is 1.75. The van der Waals surface area contributed by atoms with Crippen LogP contribution in [0.2, 0.25) is 0 Å². The molecule has 0 saturated heterocycles. The minimum absolute atomic E-state index is 0.173. The number of rotatable bonds is 2. The Bertz CT molecular complexity index is 278. The van der Waals surface area contributed by atoms with Gasteiger partial charge in [0, 0.05) is 10.0 Å². The van der Waals surface area contributed by atoms with E-state index in [1.54, 1.807) is 25.1 Å². The minimum atomic E-state index is -0.275. The van der Waals surface area contributed by atoms with Crippen LogP contribution in [-0.4, -0.2) is 10.3 Å². The summed E-state index contributed by atoms with van der Waals surface area (Å²) < 4.78 is 0.873. The number of hydrogen-bond donors (Lipinski definition) is 3. The fraction of sp³-hybridized carbons (Fsp3) is 0.250.